The van der Waals surface area contributed by atoms with E-state index in [-0.39, 0.29) is 46.2 Å². The van der Waals surface area contributed by atoms with Crippen molar-refractivity contribution in [2.75, 3.05) is 17.6 Å². The number of hydrogen-bond acceptors (Lipinski definition) is 11. The summed E-state index contributed by atoms with van der Waals surface area (Å²) in [4.78, 5) is 56.5. The van der Waals surface area contributed by atoms with E-state index >= 15 is 0 Å². The number of carbonyl (C=O) groups excluding carboxylic acids is 2. The van der Waals surface area contributed by atoms with E-state index in [1.165, 1.54) is 44.7 Å². The topological polar surface area (TPSA) is 242 Å². The van der Waals surface area contributed by atoms with Crippen LogP contribution in [0.3, 0.4) is 0 Å². The van der Waals surface area contributed by atoms with E-state index in [1.54, 1.807) is 67.6 Å². The monoisotopic (exact) mass is 1730 g/mol. The number of esters is 2. The molecular weight excluding hydrogens is 1610 g/mol. The molecule has 596 valence electrons. The first-order chi connectivity index (χ1) is 53.6. The number of aromatic amines is 1. The van der Waals surface area contributed by atoms with Gasteiger partial charge in [-0.05, 0) is 96.0 Å². The number of ether oxygens (including phenoxy) is 2. The van der Waals surface area contributed by atoms with Gasteiger partial charge in [-0.1, -0.05) is 355 Å². The van der Waals surface area contributed by atoms with Crippen molar-refractivity contribution in [1.82, 2.24) is 14.1 Å². The summed E-state index contributed by atoms with van der Waals surface area (Å²) in [6, 6.07) is 80.1. The van der Waals surface area contributed by atoms with Gasteiger partial charge in [0.2, 0.25) is 0 Å². The van der Waals surface area contributed by atoms with Gasteiger partial charge in [0.05, 0.1) is 36.6 Å². The number of benzene rings is 10. The molecule has 4 N–H and O–H groups in total. The van der Waals surface area contributed by atoms with Gasteiger partial charge in [0.1, 0.15) is 13.1 Å². The number of carboxylic acids is 1. The number of nitrogens with zero attached hydrogens (tertiary/aromatic N) is 4. The first-order valence-corrected chi connectivity index (χ1v) is 40.8. The average molecular weight is 1730 g/mol. The van der Waals surface area contributed by atoms with Crippen LogP contribution < -0.4 is 5.46 Å². The Morgan fingerprint density at radius 3 is 0.991 bits per heavy atom. The molecule has 0 radical (unpaired) electrons. The molecule has 10 aromatic carbocycles. The second kappa shape index (κ2) is 68.5. The smallest absolute Gasteiger partial charge is 0.480 e. The largest absolute Gasteiger partial charge is 0.488 e. The molecule has 17 nitrogen and oxygen atoms in total. The number of nitrogens with one attached hydrogen (secondary N) is 1. The van der Waals surface area contributed by atoms with Gasteiger partial charge in [-0.25, -0.2) is 0 Å². The summed E-state index contributed by atoms with van der Waals surface area (Å²) in [5, 5.41) is 54.3. The highest BCUT2D eigenvalue weighted by Gasteiger charge is 2.16. The third kappa shape index (κ3) is 37.1. The van der Waals surface area contributed by atoms with Crippen LogP contribution in [-0.2, 0) is 36.9 Å². The Bertz CT molecular complexity index is 4350. The van der Waals surface area contributed by atoms with Crippen molar-refractivity contribution in [1.29, 1.82) is 0 Å². The first kappa shape index (κ1) is 107. The molecule has 110 heavy (non-hydrogen) atoms. The Labute approximate surface area is 683 Å². The maximum atomic E-state index is 11.8. The van der Waals surface area contributed by atoms with Crippen molar-refractivity contribution >= 4 is 152 Å². The lowest BCUT2D eigenvalue weighted by atomic mass is 9.81. The Balaban J connectivity index is -0.000000582. The van der Waals surface area contributed by atoms with E-state index in [0.717, 1.165) is 38.4 Å². The van der Waals surface area contributed by atoms with Crippen LogP contribution >= 0.6 is 45.2 Å². The summed E-state index contributed by atoms with van der Waals surface area (Å²) in [5.41, 5.74) is 8.85. The number of aliphatic carboxylic acids is 1. The minimum Gasteiger partial charge on any atom is -0.480 e. The van der Waals surface area contributed by atoms with Gasteiger partial charge in [-0.15, -0.1) is 0 Å². The lowest BCUT2D eigenvalue weighted by Crippen LogP contribution is -2.29. The molecule has 0 aliphatic rings. The van der Waals surface area contributed by atoms with Gasteiger partial charge in [-0.2, -0.15) is 0 Å². The van der Waals surface area contributed by atoms with E-state index in [1.807, 2.05) is 321 Å². The van der Waals surface area contributed by atoms with Crippen LogP contribution in [0.5, 0.6) is 0 Å². The number of alkyl halides is 1. The second-order valence-electron chi connectivity index (χ2n) is 19.2. The fourth-order valence-electron chi connectivity index (χ4n) is 9.54. The Morgan fingerprint density at radius 2 is 0.682 bits per heavy atom. The minimum absolute atomic E-state index is 0.00593. The molecule has 13 rings (SSSR count). The predicted molar refractivity (Wildman–Crippen MR) is 489 cm³/mol. The van der Waals surface area contributed by atoms with E-state index in [2.05, 4.69) is 70.4 Å². The highest BCUT2D eigenvalue weighted by atomic mass is 127. The van der Waals surface area contributed by atoms with Crippen LogP contribution in [-0.4, -0.2) is 81.8 Å². The molecule has 0 fully saturated rings. The number of para-hydroxylation sites is 8. The number of nitro groups is 2. The SMILES string of the molecule is CC.CC.CC.CC.CC.CC.CC.CC.CC.CC.CCOC(=O)CI.CCOC(=O)Cn1c2ccccc2c2ccccc21.O=C(O)Cn1c2ccccc2c2ccccc21.O=[N+]([O-])c1ccccc1-c1ccccc1.O=[N+]([O-])c1ccccc1I.OB(O)c1ccccc1.c1ccc2c(c1)[nH]c1ccccc12. The number of aromatic nitrogens is 3. The van der Waals surface area contributed by atoms with Crippen molar-refractivity contribution in [3.8, 4) is 11.1 Å². The zero-order valence-corrected chi connectivity index (χ0v) is 73.2. The number of hydrogen-bond donors (Lipinski definition) is 4. The molecule has 0 amide bonds. The molecule has 13 aromatic rings. The van der Waals surface area contributed by atoms with Crippen molar-refractivity contribution < 1.29 is 48.9 Å². The lowest BCUT2D eigenvalue weighted by Gasteiger charge is -2.06. The highest BCUT2D eigenvalue weighted by Crippen LogP contribution is 2.32. The average Bonchev–Trinajstić information content (AvgIpc) is 1.62. The zero-order chi connectivity index (χ0) is 84.4. The van der Waals surface area contributed by atoms with E-state index in [0.29, 0.717) is 32.2 Å². The highest BCUT2D eigenvalue weighted by molar-refractivity contribution is 14.1. The van der Waals surface area contributed by atoms with Crippen LogP contribution in [0.1, 0.15) is 152 Å². The number of halogens is 2. The summed E-state index contributed by atoms with van der Waals surface area (Å²) in [6.07, 6.45) is 0. The van der Waals surface area contributed by atoms with Crippen molar-refractivity contribution in [2.24, 2.45) is 0 Å². The standard InChI is InChI=1S/C16H15NO2.C14H11NO2.C12H9NO2.C12H9N.C6H7BO2.C6H4INO2.C4H7IO2.10C2H6/c1-2-19-16(18)11-17-14-9-5-3-7-12(14)13-8-4-6-10-15(13)17;16-14(17)9-15-12-7-3-1-5-10(12)11-6-2-4-8-13(11)15;14-13(15)12-9-5-4-8-11(12)10-6-2-1-3-7-10;1-3-7-11-9(5-1)10-6-2-4-8-12(10)13-11;8-7(9)6-4-2-1-3-5-6;7-5-3-1-2-4-6(5)8(9)10;1-2-7-4(6)3-5;10*1-2/h3-10H,2,11H2,1H3;1-8H,9H2,(H,16,17);1-9H;1-8,13H;1-5,8-9H;1-4H;2-3H2,1H3;10*1-2H3. The number of nitro benzene ring substituents is 2. The van der Waals surface area contributed by atoms with Gasteiger partial charge in [0, 0.05) is 77.6 Å². The molecule has 0 unspecified atom stereocenters. The van der Waals surface area contributed by atoms with Crippen LogP contribution in [0.15, 0.2) is 255 Å². The maximum absolute atomic E-state index is 11.8. The molecule has 0 aliphatic carbocycles. The summed E-state index contributed by atoms with van der Waals surface area (Å²) < 4.78 is 14.6. The second-order valence-corrected chi connectivity index (χ2v) is 21.2. The van der Waals surface area contributed by atoms with Gasteiger partial charge in [0.15, 0.2) is 0 Å². The van der Waals surface area contributed by atoms with Crippen molar-refractivity contribution in [3.05, 3.63) is 279 Å². The first-order valence-electron chi connectivity index (χ1n) is 38.2. The zero-order valence-electron chi connectivity index (χ0n) is 68.9. The molecule has 3 aromatic heterocycles. The number of carboxylic acid groups (broad SMARTS) is 1. The molecule has 3 heterocycles. The Morgan fingerprint density at radius 1 is 0.391 bits per heavy atom. The Hall–Kier alpha value is -9.75. The molecular formula is C90H122BI2N5O12. The minimum atomic E-state index is -1.34. The predicted octanol–water partition coefficient (Wildman–Crippen LogP) is 25.6. The number of carbonyl (C=O) groups is 3. The molecule has 0 saturated heterocycles. The molecule has 20 heteroatoms. The van der Waals surface area contributed by atoms with Gasteiger partial charge >= 0.3 is 25.0 Å². The normalized spacial score (nSPS) is 8.93. The van der Waals surface area contributed by atoms with Crippen LogP contribution in [0.2, 0.25) is 0 Å². The Kier molecular flexibility index (Phi) is 66.4. The molecule has 0 atom stereocenters. The van der Waals surface area contributed by atoms with Crippen LogP contribution in [0, 0.1) is 23.8 Å². The maximum Gasteiger partial charge on any atom is 0.488 e. The quantitative estimate of drug-likeness (QED) is 0.0236. The summed E-state index contributed by atoms with van der Waals surface area (Å²) in [6.45, 7) is 44.8. The lowest BCUT2D eigenvalue weighted by molar-refractivity contribution is -0.385. The van der Waals surface area contributed by atoms with Gasteiger partial charge in [0.25, 0.3) is 11.4 Å². The molecule has 0 bridgehead atoms. The van der Waals surface area contributed by atoms with E-state index < -0.39 is 13.1 Å². The number of rotatable bonds is 11. The van der Waals surface area contributed by atoms with Gasteiger partial charge < -0.3 is 38.7 Å². The molecule has 0 saturated carbocycles. The van der Waals surface area contributed by atoms with Gasteiger partial charge in [-0.3, -0.25) is 34.6 Å². The fourth-order valence-corrected chi connectivity index (χ4v) is 10.3. The third-order valence-corrected chi connectivity index (χ3v) is 14.9. The fraction of sp³-hybridized carbons (Fsp3) is 0.300. The molecule has 0 aliphatic heterocycles. The summed E-state index contributed by atoms with van der Waals surface area (Å²) >= 11 is 3.90. The van der Waals surface area contributed by atoms with Crippen LogP contribution in [0.25, 0.3) is 76.5 Å². The van der Waals surface area contributed by atoms with E-state index in [4.69, 9.17) is 19.9 Å². The van der Waals surface area contributed by atoms with E-state index in [9.17, 15) is 34.6 Å². The van der Waals surface area contributed by atoms with Crippen molar-refractivity contribution in [2.45, 2.75) is 165 Å². The number of fused-ring (bicyclic) bond motifs is 9. The van der Waals surface area contributed by atoms with Crippen molar-refractivity contribution in [3.63, 3.8) is 0 Å². The van der Waals surface area contributed by atoms with Crippen LogP contribution in [0.4, 0.5) is 11.4 Å². The summed E-state index contributed by atoms with van der Waals surface area (Å²) in [7, 11) is -1.34. The summed E-state index contributed by atoms with van der Waals surface area (Å²) in [5.74, 6) is -1.16. The molecule has 0 spiro atoms. The third-order valence-electron chi connectivity index (χ3n) is 13.4. The number of H-pyrrole nitrogens is 1.